The van der Waals surface area contributed by atoms with Crippen LogP contribution in [0.5, 0.6) is 0 Å². The summed E-state index contributed by atoms with van der Waals surface area (Å²) in [5, 5.41) is 23.1. The number of allylic oxidation sites excluding steroid dienone is 1. The summed E-state index contributed by atoms with van der Waals surface area (Å²) in [4.78, 5) is 38.8. The van der Waals surface area contributed by atoms with E-state index in [1.54, 1.807) is 13.8 Å². The first-order valence-corrected chi connectivity index (χ1v) is 20.3. The normalized spacial score (nSPS) is 39.9. The molecule has 3 unspecified atom stereocenters. The number of amides is 1. The Balaban J connectivity index is 1.24. The molecule has 3 N–H and O–H groups in total. The van der Waals surface area contributed by atoms with E-state index in [-0.39, 0.29) is 52.1 Å². The molecule has 11 atom stereocenters. The first-order valence-electron chi connectivity index (χ1n) is 20.3. The number of carboxylic acid groups (broad SMARTS) is 1. The maximum absolute atomic E-state index is 13.9. The Hall–Kier alpha value is -2.67. The van der Waals surface area contributed by atoms with E-state index >= 15 is 0 Å². The van der Waals surface area contributed by atoms with Gasteiger partial charge in [-0.25, -0.2) is 0 Å². The topological polar surface area (TPSA) is 113 Å². The number of nitrogens with one attached hydrogen (secondary N) is 1. The molecule has 7 heteroatoms. The third-order valence-electron chi connectivity index (χ3n) is 16.8. The van der Waals surface area contributed by atoms with Gasteiger partial charge in [-0.2, -0.15) is 0 Å². The SMILES string of the molecule is C=C(C)[C@@H]1CC[C@]2(CC(=O)N[C@@H](CO)c3ccccc3)CC[C@]3(C)[C@H](CCC4[C@@]5(C)CC[C@H](OC(=O)CC(C)(C)C(=O)O)C(C)(C)C5CC[C@]43C)C12. The Morgan fingerprint density at radius 2 is 1.60 bits per heavy atom. The highest BCUT2D eigenvalue weighted by molar-refractivity contribution is 5.81. The van der Waals surface area contributed by atoms with Crippen molar-refractivity contribution in [1.82, 2.24) is 5.32 Å². The first kappa shape index (κ1) is 39.0. The van der Waals surface area contributed by atoms with Gasteiger partial charge in [0.15, 0.2) is 0 Å². The summed E-state index contributed by atoms with van der Waals surface area (Å²) >= 11 is 0. The number of aliphatic hydroxyl groups is 1. The molecule has 7 nitrogen and oxygen atoms in total. The van der Waals surface area contributed by atoms with Gasteiger partial charge in [-0.15, -0.1) is 0 Å². The second kappa shape index (κ2) is 13.6. The van der Waals surface area contributed by atoms with Crippen LogP contribution < -0.4 is 5.32 Å². The number of aliphatic hydroxyl groups excluding tert-OH is 1. The zero-order valence-corrected chi connectivity index (χ0v) is 33.4. The molecule has 0 saturated heterocycles. The summed E-state index contributed by atoms with van der Waals surface area (Å²) in [6.45, 7) is 22.2. The summed E-state index contributed by atoms with van der Waals surface area (Å²) in [5.74, 6) is 0.984. The number of fused-ring (bicyclic) bond motifs is 7. The third kappa shape index (κ3) is 6.17. The van der Waals surface area contributed by atoms with Crippen LogP contribution in [0.2, 0.25) is 0 Å². The Morgan fingerprint density at radius 3 is 2.23 bits per heavy atom. The van der Waals surface area contributed by atoms with Crippen LogP contribution in [0.4, 0.5) is 0 Å². The van der Waals surface area contributed by atoms with Crippen LogP contribution in [-0.2, 0) is 19.1 Å². The summed E-state index contributed by atoms with van der Waals surface area (Å²) < 4.78 is 6.18. The number of rotatable bonds is 10. The van der Waals surface area contributed by atoms with Crippen LogP contribution in [0, 0.1) is 62.1 Å². The quantitative estimate of drug-likeness (QED) is 0.164. The fourth-order valence-electron chi connectivity index (χ4n) is 13.9. The minimum Gasteiger partial charge on any atom is -0.481 e. The minimum absolute atomic E-state index is 0.0537. The van der Waals surface area contributed by atoms with E-state index < -0.39 is 23.4 Å². The zero-order chi connectivity index (χ0) is 38.1. The molecule has 5 fully saturated rings. The van der Waals surface area contributed by atoms with E-state index in [1.165, 1.54) is 18.4 Å². The molecule has 0 spiro atoms. The highest BCUT2D eigenvalue weighted by Crippen LogP contribution is 2.78. The lowest BCUT2D eigenvalue weighted by atomic mass is 9.32. The molecule has 0 aliphatic heterocycles. The van der Waals surface area contributed by atoms with Gasteiger partial charge in [0.2, 0.25) is 5.91 Å². The standard InChI is InChI=1S/C45H67NO6/c1-28(2)30-17-22-45(25-36(48)46-32(27-47)29-13-11-10-12-14-29)24-23-43(8)31(38(30)45)15-16-34-42(7)20-19-35(52-37(49)26-40(3,4)39(50)51)41(5,6)33(42)18-21-44(34,43)9/h10-14,30-35,38,47H,1,15-27H2,2-9H3,(H,46,48)(H,50,51)/t30-,31+,32-,33?,34?,35-,38?,42-,43+,44+,45+/m0/s1. The number of esters is 1. The van der Waals surface area contributed by atoms with Gasteiger partial charge in [-0.3, -0.25) is 14.4 Å². The second-order valence-corrected chi connectivity index (χ2v) is 20.1. The summed E-state index contributed by atoms with van der Waals surface area (Å²) in [6, 6.07) is 9.40. The van der Waals surface area contributed by atoms with Crippen molar-refractivity contribution < 1.29 is 29.3 Å². The largest absolute Gasteiger partial charge is 0.481 e. The van der Waals surface area contributed by atoms with E-state index in [9.17, 15) is 24.6 Å². The van der Waals surface area contributed by atoms with Crippen molar-refractivity contribution in [1.29, 1.82) is 0 Å². The molecule has 0 aromatic heterocycles. The van der Waals surface area contributed by atoms with Gasteiger partial charge in [0, 0.05) is 11.8 Å². The van der Waals surface area contributed by atoms with Crippen LogP contribution in [0.15, 0.2) is 42.5 Å². The number of aliphatic carboxylic acids is 1. The highest BCUT2D eigenvalue weighted by atomic mass is 16.5. The van der Waals surface area contributed by atoms with E-state index in [1.807, 2.05) is 30.3 Å². The van der Waals surface area contributed by atoms with Crippen molar-refractivity contribution in [2.24, 2.45) is 62.1 Å². The summed E-state index contributed by atoms with van der Waals surface area (Å²) in [5.41, 5.74) is 1.17. The summed E-state index contributed by atoms with van der Waals surface area (Å²) in [7, 11) is 0. The fourth-order valence-corrected chi connectivity index (χ4v) is 13.9. The van der Waals surface area contributed by atoms with Crippen LogP contribution in [0.25, 0.3) is 0 Å². The molecular formula is C45H67NO6. The molecule has 288 valence electrons. The number of hydrogen-bond acceptors (Lipinski definition) is 5. The molecule has 5 aliphatic carbocycles. The molecular weight excluding hydrogens is 650 g/mol. The van der Waals surface area contributed by atoms with E-state index in [2.05, 4.69) is 53.4 Å². The Morgan fingerprint density at radius 1 is 0.904 bits per heavy atom. The van der Waals surface area contributed by atoms with E-state index in [0.29, 0.717) is 36.0 Å². The van der Waals surface area contributed by atoms with E-state index in [4.69, 9.17) is 4.74 Å². The highest BCUT2D eigenvalue weighted by Gasteiger charge is 2.71. The molecule has 1 aromatic rings. The van der Waals surface area contributed by atoms with Gasteiger partial charge in [0.1, 0.15) is 6.10 Å². The van der Waals surface area contributed by atoms with Gasteiger partial charge in [0.25, 0.3) is 0 Å². The summed E-state index contributed by atoms with van der Waals surface area (Å²) in [6.07, 6.45) is 10.9. The number of carbonyl (C=O) groups excluding carboxylic acids is 2. The predicted octanol–water partition coefficient (Wildman–Crippen LogP) is 9.30. The van der Waals surface area contributed by atoms with Crippen molar-refractivity contribution in [3.8, 4) is 0 Å². The third-order valence-corrected chi connectivity index (χ3v) is 16.8. The van der Waals surface area contributed by atoms with Gasteiger partial charge in [-0.05, 0) is 142 Å². The lowest BCUT2D eigenvalue weighted by Gasteiger charge is -2.73. The monoisotopic (exact) mass is 717 g/mol. The van der Waals surface area contributed by atoms with Gasteiger partial charge in [0.05, 0.1) is 24.5 Å². The Labute approximate surface area is 313 Å². The molecule has 0 bridgehead atoms. The fraction of sp³-hybridized carbons (Fsp3) is 0.756. The Kier molecular flexibility index (Phi) is 10.2. The second-order valence-electron chi connectivity index (χ2n) is 20.1. The lowest BCUT2D eigenvalue weighted by molar-refractivity contribution is -0.250. The van der Waals surface area contributed by atoms with Gasteiger partial charge >= 0.3 is 11.9 Å². The molecule has 0 radical (unpaired) electrons. The molecule has 1 amide bonds. The molecule has 6 rings (SSSR count). The number of hydrogen-bond donors (Lipinski definition) is 3. The molecule has 5 aliphatic rings. The van der Waals surface area contributed by atoms with E-state index in [0.717, 1.165) is 56.9 Å². The zero-order valence-electron chi connectivity index (χ0n) is 33.4. The number of carboxylic acids is 1. The van der Waals surface area contributed by atoms with Crippen molar-refractivity contribution in [3.63, 3.8) is 0 Å². The van der Waals surface area contributed by atoms with Crippen LogP contribution in [0.3, 0.4) is 0 Å². The molecule has 1 aromatic carbocycles. The van der Waals surface area contributed by atoms with Gasteiger partial charge < -0.3 is 20.3 Å². The average Bonchev–Trinajstić information content (AvgIpc) is 3.45. The lowest BCUT2D eigenvalue weighted by Crippen LogP contribution is -2.67. The molecule has 0 heterocycles. The molecule has 52 heavy (non-hydrogen) atoms. The number of benzene rings is 1. The van der Waals surface area contributed by atoms with Crippen LogP contribution >= 0.6 is 0 Å². The van der Waals surface area contributed by atoms with Crippen LogP contribution in [0.1, 0.15) is 144 Å². The number of ether oxygens (including phenoxy) is 1. The minimum atomic E-state index is -1.15. The van der Waals surface area contributed by atoms with Gasteiger partial charge in [-0.1, -0.05) is 77.1 Å². The maximum atomic E-state index is 13.9. The first-order chi connectivity index (χ1) is 24.3. The van der Waals surface area contributed by atoms with Crippen molar-refractivity contribution in [3.05, 3.63) is 48.0 Å². The van der Waals surface area contributed by atoms with Crippen molar-refractivity contribution in [2.45, 2.75) is 145 Å². The Bertz CT molecular complexity index is 1550. The molecule has 5 saturated carbocycles. The van der Waals surface area contributed by atoms with Crippen LogP contribution in [-0.4, -0.2) is 40.8 Å². The number of carbonyl (C=O) groups is 3. The average molecular weight is 718 g/mol. The smallest absolute Gasteiger partial charge is 0.309 e. The maximum Gasteiger partial charge on any atom is 0.309 e. The van der Waals surface area contributed by atoms with Crippen molar-refractivity contribution >= 4 is 17.8 Å². The van der Waals surface area contributed by atoms with Crippen molar-refractivity contribution in [2.75, 3.05) is 6.61 Å². The predicted molar refractivity (Wildman–Crippen MR) is 204 cm³/mol.